The lowest BCUT2D eigenvalue weighted by Crippen LogP contribution is -2.52. The molecule has 0 aliphatic carbocycles. The summed E-state index contributed by atoms with van der Waals surface area (Å²) in [6.45, 7) is 13.2. The van der Waals surface area contributed by atoms with E-state index in [0.717, 1.165) is 23.4 Å². The number of Topliss-reactive ketones (excluding diaryl/α,β-unsaturated/α-hetero) is 1. The Balaban J connectivity index is 1.41. The first-order chi connectivity index (χ1) is 28.0. The Kier molecular flexibility index (Phi) is 13.6. The smallest absolute Gasteiger partial charge is 0.425 e. The minimum absolute atomic E-state index is 0.0995. The zero-order chi connectivity index (χ0) is 44.3. The topological polar surface area (TPSA) is 211 Å². The molecule has 1 unspecified atom stereocenters. The molecule has 1 saturated heterocycles. The second kappa shape index (κ2) is 18.0. The van der Waals surface area contributed by atoms with E-state index in [0.29, 0.717) is 21.7 Å². The van der Waals surface area contributed by atoms with E-state index in [4.69, 9.17) is 35.3 Å². The van der Waals surface area contributed by atoms with Crippen LogP contribution in [0.3, 0.4) is 0 Å². The highest BCUT2D eigenvalue weighted by Crippen LogP contribution is 2.37. The summed E-state index contributed by atoms with van der Waals surface area (Å²) in [6.07, 6.45) is -8.74. The number of aliphatic hydroxyl groups is 1. The van der Waals surface area contributed by atoms with E-state index in [9.17, 15) is 29.1 Å². The number of carbonyl (C=O) groups is 5. The van der Waals surface area contributed by atoms with Crippen LogP contribution in [0.4, 0.5) is 25.5 Å². The Morgan fingerprint density at radius 3 is 2.15 bits per heavy atom. The van der Waals surface area contributed by atoms with Crippen LogP contribution in [0.5, 0.6) is 0 Å². The number of alkyl halides is 1. The second-order valence-electron chi connectivity index (χ2n) is 16.0. The molecular weight excluding hydrogens is 807 g/mol. The summed E-state index contributed by atoms with van der Waals surface area (Å²) < 4.78 is 45.3. The Bertz CT molecular complexity index is 2230. The average Bonchev–Trinajstić information content (AvgIpc) is 3.68. The first-order valence-electron chi connectivity index (χ1n) is 19.0. The highest BCUT2D eigenvalue weighted by Gasteiger charge is 2.51. The van der Waals surface area contributed by atoms with Crippen molar-refractivity contribution in [3.8, 4) is 0 Å². The van der Waals surface area contributed by atoms with Crippen molar-refractivity contribution in [2.75, 3.05) is 23.4 Å². The highest BCUT2D eigenvalue weighted by molar-refractivity contribution is 6.29. The van der Waals surface area contributed by atoms with Gasteiger partial charge in [0.05, 0.1) is 19.5 Å². The van der Waals surface area contributed by atoms with E-state index in [1.807, 2.05) is 19.1 Å². The number of ketones is 1. The van der Waals surface area contributed by atoms with Crippen molar-refractivity contribution < 1.29 is 57.2 Å². The fraction of sp³-hybridized carbons (Fsp3) is 0.463. The number of halogens is 2. The quantitative estimate of drug-likeness (QED) is 0.0678. The van der Waals surface area contributed by atoms with Crippen LogP contribution in [0.25, 0.3) is 11.2 Å². The van der Waals surface area contributed by atoms with E-state index in [-0.39, 0.29) is 30.1 Å². The van der Waals surface area contributed by atoms with Gasteiger partial charge in [0.15, 0.2) is 35.2 Å². The van der Waals surface area contributed by atoms with Gasteiger partial charge in [0.2, 0.25) is 10.9 Å². The van der Waals surface area contributed by atoms with Gasteiger partial charge >= 0.3 is 18.2 Å². The number of fused-ring (bicyclic) bond motifs is 1. The van der Waals surface area contributed by atoms with Crippen LogP contribution < -0.4 is 10.2 Å². The number of ether oxygens (including phenoxy) is 5. The molecule has 2 aromatic heterocycles. The molecule has 1 fully saturated rings. The first kappa shape index (κ1) is 45.5. The number of esters is 1. The highest BCUT2D eigenvalue weighted by atomic mass is 35.5. The maximum Gasteiger partial charge on any atom is 0.425 e. The molecule has 5 atom stereocenters. The number of aromatic nitrogens is 4. The summed E-state index contributed by atoms with van der Waals surface area (Å²) in [7, 11) is 0. The van der Waals surface area contributed by atoms with Gasteiger partial charge < -0.3 is 34.1 Å². The zero-order valence-corrected chi connectivity index (χ0v) is 35.4. The Morgan fingerprint density at radius 2 is 1.58 bits per heavy atom. The Morgan fingerprint density at radius 1 is 0.967 bits per heavy atom. The number of nitrogens with one attached hydrogen (secondary N) is 1. The largest absolute Gasteiger partial charge is 0.463 e. The number of hydrogen-bond donors (Lipinski definition) is 2. The maximum absolute atomic E-state index is 16.1. The lowest BCUT2D eigenvalue weighted by atomic mass is 9.90. The predicted octanol–water partition coefficient (Wildman–Crippen LogP) is 6.46. The number of aliphatic hydroxyl groups excluding tert-OH is 1. The van der Waals surface area contributed by atoms with Crippen molar-refractivity contribution in [1.82, 2.24) is 19.5 Å². The molecule has 0 saturated carbocycles. The molecule has 19 heteroatoms. The lowest BCUT2D eigenvalue weighted by molar-refractivity contribution is -0.183. The van der Waals surface area contributed by atoms with E-state index < -0.39 is 83.1 Å². The number of hydrogen-bond acceptors (Lipinski definition) is 14. The molecule has 0 spiro atoms. The Labute approximate surface area is 350 Å². The zero-order valence-electron chi connectivity index (χ0n) is 34.6. The van der Waals surface area contributed by atoms with E-state index >= 15 is 4.39 Å². The van der Waals surface area contributed by atoms with Crippen LogP contribution in [0.15, 0.2) is 54.9 Å². The third-order valence-corrected chi connectivity index (χ3v) is 9.20. The summed E-state index contributed by atoms with van der Waals surface area (Å²) in [5.74, 6) is -2.52. The van der Waals surface area contributed by atoms with Gasteiger partial charge in [-0.05, 0) is 103 Å². The first-order valence-corrected chi connectivity index (χ1v) is 19.3. The van der Waals surface area contributed by atoms with Gasteiger partial charge in [-0.2, -0.15) is 14.9 Å². The summed E-state index contributed by atoms with van der Waals surface area (Å²) in [6, 6.07) is 13.5. The normalized spacial score (nSPS) is 19.0. The van der Waals surface area contributed by atoms with Crippen LogP contribution in [0.2, 0.25) is 5.28 Å². The Hall–Kier alpha value is -5.56. The van der Waals surface area contributed by atoms with Gasteiger partial charge in [0.25, 0.3) is 5.91 Å². The van der Waals surface area contributed by atoms with Gasteiger partial charge in [0.1, 0.15) is 23.4 Å². The van der Waals surface area contributed by atoms with Crippen molar-refractivity contribution in [1.29, 1.82) is 0 Å². The van der Waals surface area contributed by atoms with Crippen molar-refractivity contribution in [3.05, 3.63) is 76.8 Å². The molecule has 0 radical (unpaired) electrons. The summed E-state index contributed by atoms with van der Waals surface area (Å²) in [4.78, 5) is 79.5. The van der Waals surface area contributed by atoms with Crippen LogP contribution in [-0.4, -0.2) is 103 Å². The molecule has 3 heterocycles. The van der Waals surface area contributed by atoms with E-state index in [1.165, 1.54) is 0 Å². The van der Waals surface area contributed by atoms with Crippen LogP contribution >= 0.6 is 11.6 Å². The van der Waals surface area contributed by atoms with E-state index in [1.54, 1.807) is 84.9 Å². The maximum atomic E-state index is 16.1. The number of carbonyl (C=O) groups excluding carboxylic acids is 5. The van der Waals surface area contributed by atoms with Crippen molar-refractivity contribution in [2.45, 2.75) is 110 Å². The van der Waals surface area contributed by atoms with Gasteiger partial charge in [-0.25, -0.2) is 23.8 Å². The molecule has 2 aromatic carbocycles. The minimum atomic E-state index is -2.25. The molecule has 5 rings (SSSR count). The fourth-order valence-corrected chi connectivity index (χ4v) is 6.35. The summed E-state index contributed by atoms with van der Waals surface area (Å²) in [5, 5.41) is 13.4. The molecule has 60 heavy (non-hydrogen) atoms. The average molecular weight is 855 g/mol. The third-order valence-electron chi connectivity index (χ3n) is 9.03. The second-order valence-corrected chi connectivity index (χ2v) is 16.3. The van der Waals surface area contributed by atoms with Crippen molar-refractivity contribution in [2.24, 2.45) is 0 Å². The number of anilines is 2. The van der Waals surface area contributed by atoms with Gasteiger partial charge in [-0.1, -0.05) is 30.3 Å². The van der Waals surface area contributed by atoms with Crippen molar-refractivity contribution >= 4 is 64.1 Å². The molecule has 2 N–H and O–H groups in total. The van der Waals surface area contributed by atoms with Gasteiger partial charge in [0, 0.05) is 17.7 Å². The fourth-order valence-electron chi connectivity index (χ4n) is 6.19. The number of aryl methyl sites for hydroxylation is 1. The molecule has 322 valence electrons. The number of nitrogens with zero attached hydrogens (tertiary/aromatic N) is 5. The SMILES string of the molecule is CCOC(=O)C(Cc1ccc(NC(=O)c2ccccc2C)cc1)(OC[C@H]1O[C@@H](n2cnc3c(N(C(=O)OC(C)(C)C)C(=O)OC(C)(C)C)nc(Cl)nc32)[C@@H](F)[C@@H]1O)C(C)=O. The number of amides is 3. The summed E-state index contributed by atoms with van der Waals surface area (Å²) >= 11 is 6.29. The van der Waals surface area contributed by atoms with E-state index in [2.05, 4.69) is 20.3 Å². The third kappa shape index (κ3) is 10.2. The minimum Gasteiger partial charge on any atom is -0.463 e. The lowest BCUT2D eigenvalue weighted by Gasteiger charge is -2.30. The molecule has 17 nitrogen and oxygen atoms in total. The van der Waals surface area contributed by atoms with Crippen LogP contribution in [-0.2, 0) is 39.7 Å². The molecule has 3 amide bonds. The number of benzene rings is 2. The standard InChI is InChI=1S/C41H48ClFN6O11/c1-10-56-35(53)41(23(3)50,19-24-15-17-25(18-16-24)45-33(52)26-14-12-11-13-22(26)2)57-20-27-30(51)28(43)34(58-27)48-21-44-29-31(48)46-36(42)47-32(29)49(37(54)59-39(4,5)6)38(55)60-40(7,8)9/h11-18,21,27-28,30,34,51H,10,19-20H2,1-9H3,(H,45,52)/t27-,28+,30-,34-,41?/m1/s1. The van der Waals surface area contributed by atoms with Gasteiger partial charge in [-0.15, -0.1) is 0 Å². The number of rotatable bonds is 12. The molecular formula is C41H48ClFN6O11. The molecule has 4 aromatic rings. The molecule has 1 aliphatic heterocycles. The van der Waals surface area contributed by atoms with Gasteiger partial charge in [-0.3, -0.25) is 14.2 Å². The number of imidazole rings is 1. The molecule has 0 bridgehead atoms. The summed E-state index contributed by atoms with van der Waals surface area (Å²) in [5.41, 5.74) is -2.59. The predicted molar refractivity (Wildman–Crippen MR) is 215 cm³/mol. The van der Waals surface area contributed by atoms with Crippen molar-refractivity contribution in [3.63, 3.8) is 0 Å². The monoisotopic (exact) mass is 854 g/mol. The van der Waals surface area contributed by atoms with Crippen LogP contribution in [0, 0.1) is 6.92 Å². The molecule has 1 aliphatic rings. The number of imide groups is 1. The van der Waals surface area contributed by atoms with Crippen LogP contribution in [0.1, 0.15) is 83.1 Å².